The number of hydrogen-bond acceptors (Lipinski definition) is 2. The molecule has 0 atom stereocenters. The van der Waals surface area contributed by atoms with Crippen LogP contribution in [0.5, 0.6) is 0 Å². The SMILES string of the molecule is Brc1cnccc1NC1CCC1. The molecule has 2 rings (SSSR count). The Morgan fingerprint density at radius 2 is 2.33 bits per heavy atom. The van der Waals surface area contributed by atoms with Crippen LogP contribution in [-0.2, 0) is 0 Å². The van der Waals surface area contributed by atoms with Gasteiger partial charge < -0.3 is 5.32 Å². The molecule has 0 aliphatic heterocycles. The minimum Gasteiger partial charge on any atom is -0.381 e. The van der Waals surface area contributed by atoms with Crippen LogP contribution < -0.4 is 5.32 Å². The summed E-state index contributed by atoms with van der Waals surface area (Å²) in [6.07, 6.45) is 7.59. The van der Waals surface area contributed by atoms with Crippen molar-refractivity contribution in [2.75, 3.05) is 5.32 Å². The molecule has 0 amide bonds. The molecule has 1 aromatic heterocycles. The Morgan fingerprint density at radius 3 is 2.92 bits per heavy atom. The molecule has 1 aromatic rings. The van der Waals surface area contributed by atoms with Gasteiger partial charge in [-0.15, -0.1) is 0 Å². The molecule has 2 nitrogen and oxygen atoms in total. The van der Waals surface area contributed by atoms with Crippen molar-refractivity contribution >= 4 is 21.6 Å². The van der Waals surface area contributed by atoms with E-state index in [9.17, 15) is 0 Å². The van der Waals surface area contributed by atoms with Gasteiger partial charge in [-0.25, -0.2) is 0 Å². The van der Waals surface area contributed by atoms with Gasteiger partial charge in [0.1, 0.15) is 0 Å². The summed E-state index contributed by atoms with van der Waals surface area (Å²) < 4.78 is 1.05. The van der Waals surface area contributed by atoms with E-state index in [2.05, 4.69) is 26.2 Å². The molecular formula is C9H11BrN2. The summed E-state index contributed by atoms with van der Waals surface area (Å²) in [6, 6.07) is 2.69. The van der Waals surface area contributed by atoms with Gasteiger partial charge in [-0.2, -0.15) is 0 Å². The molecule has 0 saturated heterocycles. The molecular weight excluding hydrogens is 216 g/mol. The first kappa shape index (κ1) is 8.05. The first-order chi connectivity index (χ1) is 5.86. The lowest BCUT2D eigenvalue weighted by Gasteiger charge is -2.27. The van der Waals surface area contributed by atoms with Crippen molar-refractivity contribution in [3.63, 3.8) is 0 Å². The molecule has 1 aliphatic rings. The maximum atomic E-state index is 4.01. The van der Waals surface area contributed by atoms with Crippen molar-refractivity contribution in [2.45, 2.75) is 25.3 Å². The van der Waals surface area contributed by atoms with Crippen molar-refractivity contribution in [2.24, 2.45) is 0 Å². The highest BCUT2D eigenvalue weighted by Crippen LogP contribution is 2.27. The fourth-order valence-corrected chi connectivity index (χ4v) is 1.63. The van der Waals surface area contributed by atoms with E-state index in [0.717, 1.165) is 10.2 Å². The minimum atomic E-state index is 0.684. The number of nitrogens with zero attached hydrogens (tertiary/aromatic N) is 1. The number of pyridine rings is 1. The first-order valence-corrected chi connectivity index (χ1v) is 5.01. The lowest BCUT2D eigenvalue weighted by Crippen LogP contribution is -2.27. The Kier molecular flexibility index (Phi) is 2.30. The predicted molar refractivity (Wildman–Crippen MR) is 53.2 cm³/mol. The van der Waals surface area contributed by atoms with Crippen LogP contribution in [0.2, 0.25) is 0 Å². The lowest BCUT2D eigenvalue weighted by molar-refractivity contribution is 0.445. The van der Waals surface area contributed by atoms with Crippen LogP contribution in [0.4, 0.5) is 5.69 Å². The van der Waals surface area contributed by atoms with Gasteiger partial charge in [0.25, 0.3) is 0 Å². The van der Waals surface area contributed by atoms with Gasteiger partial charge in [-0.05, 0) is 41.3 Å². The summed E-state index contributed by atoms with van der Waals surface area (Å²) in [5.41, 5.74) is 1.16. The Balaban J connectivity index is 2.06. The van der Waals surface area contributed by atoms with E-state index in [1.165, 1.54) is 19.3 Å². The maximum Gasteiger partial charge on any atom is 0.0590 e. The second kappa shape index (κ2) is 3.44. The van der Waals surface area contributed by atoms with Crippen LogP contribution in [-0.4, -0.2) is 11.0 Å². The molecule has 64 valence electrons. The number of anilines is 1. The van der Waals surface area contributed by atoms with Crippen molar-refractivity contribution in [3.05, 3.63) is 22.9 Å². The molecule has 3 heteroatoms. The van der Waals surface area contributed by atoms with Gasteiger partial charge in [0.2, 0.25) is 0 Å². The molecule has 12 heavy (non-hydrogen) atoms. The van der Waals surface area contributed by atoms with E-state index in [1.807, 2.05) is 18.5 Å². The van der Waals surface area contributed by atoms with Crippen molar-refractivity contribution in [3.8, 4) is 0 Å². The largest absolute Gasteiger partial charge is 0.381 e. The summed E-state index contributed by atoms with van der Waals surface area (Å²) in [6.45, 7) is 0. The van der Waals surface area contributed by atoms with Gasteiger partial charge in [-0.1, -0.05) is 0 Å². The maximum absolute atomic E-state index is 4.01. The zero-order valence-electron chi connectivity index (χ0n) is 6.76. The molecule has 1 saturated carbocycles. The average molecular weight is 227 g/mol. The summed E-state index contributed by atoms with van der Waals surface area (Å²) in [4.78, 5) is 4.01. The molecule has 0 spiro atoms. The predicted octanol–water partition coefficient (Wildman–Crippen LogP) is 2.81. The van der Waals surface area contributed by atoms with Crippen LogP contribution in [0.25, 0.3) is 0 Å². The van der Waals surface area contributed by atoms with E-state index < -0.39 is 0 Å². The first-order valence-electron chi connectivity index (χ1n) is 4.22. The number of aromatic nitrogens is 1. The molecule has 0 bridgehead atoms. The highest BCUT2D eigenvalue weighted by Gasteiger charge is 2.17. The van der Waals surface area contributed by atoms with Crippen molar-refractivity contribution in [1.82, 2.24) is 4.98 Å². The van der Waals surface area contributed by atoms with Gasteiger partial charge in [0, 0.05) is 18.4 Å². The molecule has 1 aliphatic carbocycles. The van der Waals surface area contributed by atoms with Crippen LogP contribution in [0, 0.1) is 0 Å². The third-order valence-electron chi connectivity index (χ3n) is 2.24. The highest BCUT2D eigenvalue weighted by atomic mass is 79.9. The molecule has 1 N–H and O–H groups in total. The quantitative estimate of drug-likeness (QED) is 0.840. The molecule has 0 aromatic carbocycles. The van der Waals surface area contributed by atoms with E-state index in [-0.39, 0.29) is 0 Å². The number of nitrogens with one attached hydrogen (secondary N) is 1. The van der Waals surface area contributed by atoms with Crippen molar-refractivity contribution < 1.29 is 0 Å². The van der Waals surface area contributed by atoms with Crippen LogP contribution in [0.15, 0.2) is 22.9 Å². The van der Waals surface area contributed by atoms with E-state index in [0.29, 0.717) is 6.04 Å². The van der Waals surface area contributed by atoms with Gasteiger partial charge in [0.15, 0.2) is 0 Å². The summed E-state index contributed by atoms with van der Waals surface area (Å²) in [7, 11) is 0. The van der Waals surface area contributed by atoms with E-state index in [4.69, 9.17) is 0 Å². The molecule has 1 fully saturated rings. The standard InChI is InChI=1S/C9H11BrN2/c10-8-6-11-5-4-9(8)12-7-2-1-3-7/h4-7H,1-3H2,(H,11,12). The third-order valence-corrected chi connectivity index (χ3v) is 2.87. The Labute approximate surface area is 80.5 Å². The van der Waals surface area contributed by atoms with Crippen LogP contribution in [0.1, 0.15) is 19.3 Å². The van der Waals surface area contributed by atoms with Crippen LogP contribution >= 0.6 is 15.9 Å². The Bertz CT molecular complexity index is 271. The molecule has 1 heterocycles. The van der Waals surface area contributed by atoms with Gasteiger partial charge >= 0.3 is 0 Å². The Morgan fingerprint density at radius 1 is 1.50 bits per heavy atom. The summed E-state index contributed by atoms with van der Waals surface area (Å²) in [5.74, 6) is 0. The Hall–Kier alpha value is -0.570. The molecule has 0 unspecified atom stereocenters. The normalized spacial score (nSPS) is 17.1. The van der Waals surface area contributed by atoms with Gasteiger partial charge in [0.05, 0.1) is 10.2 Å². The second-order valence-electron chi connectivity index (χ2n) is 3.13. The zero-order chi connectivity index (χ0) is 8.39. The second-order valence-corrected chi connectivity index (χ2v) is 3.98. The van der Waals surface area contributed by atoms with Crippen molar-refractivity contribution in [1.29, 1.82) is 0 Å². The zero-order valence-corrected chi connectivity index (χ0v) is 8.34. The minimum absolute atomic E-state index is 0.684. The molecule has 0 radical (unpaired) electrons. The van der Waals surface area contributed by atoms with E-state index in [1.54, 1.807) is 0 Å². The number of rotatable bonds is 2. The fourth-order valence-electron chi connectivity index (χ4n) is 1.26. The topological polar surface area (TPSA) is 24.9 Å². The number of halogens is 1. The fraction of sp³-hybridized carbons (Fsp3) is 0.444. The van der Waals surface area contributed by atoms with E-state index >= 15 is 0 Å². The summed E-state index contributed by atoms with van der Waals surface area (Å²) >= 11 is 3.45. The third kappa shape index (κ3) is 1.61. The monoisotopic (exact) mass is 226 g/mol. The number of hydrogen-bond donors (Lipinski definition) is 1. The lowest BCUT2D eigenvalue weighted by atomic mass is 9.93. The van der Waals surface area contributed by atoms with Gasteiger partial charge in [-0.3, -0.25) is 4.98 Å². The average Bonchev–Trinajstić information content (AvgIpc) is 2.00. The highest BCUT2D eigenvalue weighted by molar-refractivity contribution is 9.10. The summed E-state index contributed by atoms with van der Waals surface area (Å²) in [5, 5.41) is 3.46. The smallest absolute Gasteiger partial charge is 0.0590 e. The van der Waals surface area contributed by atoms with Crippen LogP contribution in [0.3, 0.4) is 0 Å².